The number of benzene rings is 1. The van der Waals surface area contributed by atoms with E-state index in [0.29, 0.717) is 13.2 Å². The standard InChI is InChI=1S/C16H19F2NO2/c17-11-5-6-13(18)12(9-11)15(20)10-19-7-8-21-16-4-2-1-3-14(16)19/h5-6,9,14,16H,1-4,7-8,10H2. The third-order valence-electron chi connectivity index (χ3n) is 4.42. The molecule has 0 aromatic heterocycles. The van der Waals surface area contributed by atoms with Crippen molar-refractivity contribution in [3.8, 4) is 0 Å². The zero-order valence-electron chi connectivity index (χ0n) is 11.9. The van der Waals surface area contributed by atoms with Gasteiger partial charge in [0.05, 0.1) is 24.8 Å². The van der Waals surface area contributed by atoms with Crippen molar-refractivity contribution in [3.63, 3.8) is 0 Å². The summed E-state index contributed by atoms with van der Waals surface area (Å²) in [7, 11) is 0. The lowest BCUT2D eigenvalue weighted by atomic mass is 9.90. The smallest absolute Gasteiger partial charge is 0.179 e. The monoisotopic (exact) mass is 295 g/mol. The van der Waals surface area contributed by atoms with E-state index in [1.807, 2.05) is 0 Å². The fourth-order valence-electron chi connectivity index (χ4n) is 3.35. The maximum atomic E-state index is 13.7. The summed E-state index contributed by atoms with van der Waals surface area (Å²) in [5.41, 5.74) is -0.158. The Kier molecular flexibility index (Phi) is 4.31. The number of carbonyl (C=O) groups excluding carboxylic acids is 1. The van der Waals surface area contributed by atoms with Crippen LogP contribution in [0.4, 0.5) is 8.78 Å². The third-order valence-corrected chi connectivity index (χ3v) is 4.42. The van der Waals surface area contributed by atoms with Gasteiger partial charge >= 0.3 is 0 Å². The third kappa shape index (κ3) is 3.14. The fraction of sp³-hybridized carbons (Fsp3) is 0.562. The van der Waals surface area contributed by atoms with Crippen LogP contribution in [0.3, 0.4) is 0 Å². The van der Waals surface area contributed by atoms with E-state index in [1.54, 1.807) is 0 Å². The lowest BCUT2D eigenvalue weighted by Crippen LogP contribution is -2.54. The molecule has 1 aliphatic heterocycles. The molecule has 0 N–H and O–H groups in total. The molecule has 1 heterocycles. The van der Waals surface area contributed by atoms with E-state index in [1.165, 1.54) is 0 Å². The van der Waals surface area contributed by atoms with Crippen LogP contribution >= 0.6 is 0 Å². The summed E-state index contributed by atoms with van der Waals surface area (Å²) in [4.78, 5) is 14.3. The highest BCUT2D eigenvalue weighted by molar-refractivity contribution is 5.97. The molecular formula is C16H19F2NO2. The summed E-state index contributed by atoms with van der Waals surface area (Å²) >= 11 is 0. The van der Waals surface area contributed by atoms with Crippen LogP contribution in [0.1, 0.15) is 36.0 Å². The lowest BCUT2D eigenvalue weighted by molar-refractivity contribution is -0.0846. The summed E-state index contributed by atoms with van der Waals surface area (Å²) < 4.78 is 32.6. The number of fused-ring (bicyclic) bond motifs is 1. The highest BCUT2D eigenvalue weighted by Crippen LogP contribution is 2.28. The van der Waals surface area contributed by atoms with Crippen LogP contribution in [-0.4, -0.2) is 42.5 Å². The Morgan fingerprint density at radius 2 is 2.10 bits per heavy atom. The van der Waals surface area contributed by atoms with Gasteiger partial charge in [-0.3, -0.25) is 9.69 Å². The van der Waals surface area contributed by atoms with Gasteiger partial charge in [-0.1, -0.05) is 12.8 Å². The zero-order valence-corrected chi connectivity index (χ0v) is 11.9. The predicted molar refractivity (Wildman–Crippen MR) is 74.3 cm³/mol. The molecule has 0 bridgehead atoms. The number of hydrogen-bond acceptors (Lipinski definition) is 3. The minimum atomic E-state index is -0.658. The van der Waals surface area contributed by atoms with Gasteiger partial charge in [0.1, 0.15) is 11.6 Å². The summed E-state index contributed by atoms with van der Waals surface area (Å²) in [5, 5.41) is 0. The normalized spacial score (nSPS) is 26.4. The topological polar surface area (TPSA) is 29.5 Å². The quantitative estimate of drug-likeness (QED) is 0.803. The molecule has 2 fully saturated rings. The molecule has 2 unspecified atom stereocenters. The Morgan fingerprint density at radius 1 is 1.29 bits per heavy atom. The Hall–Kier alpha value is -1.33. The van der Waals surface area contributed by atoms with Gasteiger partial charge in [0, 0.05) is 12.6 Å². The van der Waals surface area contributed by atoms with Crippen LogP contribution in [0.25, 0.3) is 0 Å². The number of halogens is 2. The van der Waals surface area contributed by atoms with Crippen molar-refractivity contribution in [2.75, 3.05) is 19.7 Å². The number of hydrogen-bond donors (Lipinski definition) is 0. The van der Waals surface area contributed by atoms with E-state index in [0.717, 1.165) is 43.9 Å². The number of ketones is 1. The van der Waals surface area contributed by atoms with Crippen molar-refractivity contribution in [1.82, 2.24) is 4.90 Å². The molecular weight excluding hydrogens is 276 g/mol. The van der Waals surface area contributed by atoms with E-state index in [4.69, 9.17) is 4.74 Å². The van der Waals surface area contributed by atoms with Crippen molar-refractivity contribution in [3.05, 3.63) is 35.4 Å². The molecule has 2 aliphatic rings. The van der Waals surface area contributed by atoms with E-state index < -0.39 is 11.6 Å². The van der Waals surface area contributed by atoms with Crippen LogP contribution < -0.4 is 0 Å². The van der Waals surface area contributed by atoms with Crippen LogP contribution in [-0.2, 0) is 4.74 Å². The minimum absolute atomic E-state index is 0.130. The molecule has 1 saturated carbocycles. The predicted octanol–water partition coefficient (Wildman–Crippen LogP) is 2.79. The van der Waals surface area contributed by atoms with E-state index in [9.17, 15) is 13.6 Å². The van der Waals surface area contributed by atoms with Crippen LogP contribution in [0, 0.1) is 11.6 Å². The average molecular weight is 295 g/mol. The average Bonchev–Trinajstić information content (AvgIpc) is 2.50. The maximum Gasteiger partial charge on any atom is 0.179 e. The number of rotatable bonds is 3. The Balaban J connectivity index is 1.72. The number of Topliss-reactive ketones (excluding diaryl/α,β-unsaturated/α-hetero) is 1. The number of ether oxygens (including phenoxy) is 1. The summed E-state index contributed by atoms with van der Waals surface area (Å²) in [6, 6.07) is 3.24. The van der Waals surface area contributed by atoms with Crippen molar-refractivity contribution < 1.29 is 18.3 Å². The van der Waals surface area contributed by atoms with Gasteiger partial charge in [0.25, 0.3) is 0 Å². The number of nitrogens with zero attached hydrogens (tertiary/aromatic N) is 1. The molecule has 1 aliphatic carbocycles. The highest BCUT2D eigenvalue weighted by Gasteiger charge is 2.35. The molecule has 0 amide bonds. The largest absolute Gasteiger partial charge is 0.375 e. The maximum absolute atomic E-state index is 13.7. The molecule has 1 aromatic carbocycles. The van der Waals surface area contributed by atoms with Crippen molar-refractivity contribution in [2.24, 2.45) is 0 Å². The fourth-order valence-corrected chi connectivity index (χ4v) is 3.35. The highest BCUT2D eigenvalue weighted by atomic mass is 19.1. The van der Waals surface area contributed by atoms with Gasteiger partial charge in [0.15, 0.2) is 5.78 Å². The molecule has 0 spiro atoms. The molecule has 1 saturated heterocycles. The number of morpholine rings is 1. The molecule has 21 heavy (non-hydrogen) atoms. The molecule has 3 nitrogen and oxygen atoms in total. The van der Waals surface area contributed by atoms with Crippen LogP contribution in [0.15, 0.2) is 18.2 Å². The second-order valence-electron chi connectivity index (χ2n) is 5.78. The van der Waals surface area contributed by atoms with Gasteiger partial charge in [-0.25, -0.2) is 8.78 Å². The van der Waals surface area contributed by atoms with E-state index in [2.05, 4.69) is 4.90 Å². The van der Waals surface area contributed by atoms with Crippen LogP contribution in [0.5, 0.6) is 0 Å². The van der Waals surface area contributed by atoms with Gasteiger partial charge in [-0.2, -0.15) is 0 Å². The second-order valence-corrected chi connectivity index (χ2v) is 5.78. The zero-order chi connectivity index (χ0) is 14.8. The Morgan fingerprint density at radius 3 is 2.95 bits per heavy atom. The van der Waals surface area contributed by atoms with E-state index >= 15 is 0 Å². The Bertz CT molecular complexity index is 533. The van der Waals surface area contributed by atoms with Crippen molar-refractivity contribution >= 4 is 5.78 Å². The molecule has 1 aromatic rings. The van der Waals surface area contributed by atoms with Crippen molar-refractivity contribution in [2.45, 2.75) is 37.8 Å². The first-order chi connectivity index (χ1) is 10.1. The van der Waals surface area contributed by atoms with Crippen molar-refractivity contribution in [1.29, 1.82) is 0 Å². The SMILES string of the molecule is O=C(CN1CCOC2CCCCC21)c1cc(F)ccc1F. The second kappa shape index (κ2) is 6.20. The first-order valence-corrected chi connectivity index (χ1v) is 7.49. The van der Waals surface area contributed by atoms with Gasteiger partial charge in [0.2, 0.25) is 0 Å². The van der Waals surface area contributed by atoms with Crippen LogP contribution in [0.2, 0.25) is 0 Å². The minimum Gasteiger partial charge on any atom is -0.375 e. The summed E-state index contributed by atoms with van der Waals surface area (Å²) in [5.74, 6) is -1.61. The van der Waals surface area contributed by atoms with Gasteiger partial charge in [-0.15, -0.1) is 0 Å². The molecule has 5 heteroatoms. The summed E-state index contributed by atoms with van der Waals surface area (Å²) in [6.45, 7) is 1.40. The lowest BCUT2D eigenvalue weighted by Gasteiger charge is -2.43. The van der Waals surface area contributed by atoms with Gasteiger partial charge < -0.3 is 4.74 Å². The number of carbonyl (C=O) groups is 1. The molecule has 3 rings (SSSR count). The van der Waals surface area contributed by atoms with Gasteiger partial charge in [-0.05, 0) is 31.0 Å². The molecule has 114 valence electrons. The Labute approximate surface area is 122 Å². The first kappa shape index (κ1) is 14.6. The first-order valence-electron chi connectivity index (χ1n) is 7.49. The summed E-state index contributed by atoms with van der Waals surface area (Å²) in [6.07, 6.45) is 4.48. The van der Waals surface area contributed by atoms with E-state index in [-0.39, 0.29) is 30.0 Å². The molecule has 2 atom stereocenters. The molecule has 0 radical (unpaired) electrons.